The molecule has 9 heteroatoms. The van der Waals surface area contributed by atoms with E-state index in [1.165, 1.54) is 0 Å². The maximum absolute atomic E-state index is 13.7. The summed E-state index contributed by atoms with van der Waals surface area (Å²) in [5.41, 5.74) is 7.86. The van der Waals surface area contributed by atoms with Gasteiger partial charge in [-0.25, -0.2) is 0 Å². The molecule has 3 aromatic rings. The smallest absolute Gasteiger partial charge is 0.243 e. The highest BCUT2D eigenvalue weighted by Gasteiger charge is 2.30. The van der Waals surface area contributed by atoms with Gasteiger partial charge in [-0.3, -0.25) is 14.6 Å². The van der Waals surface area contributed by atoms with Crippen molar-refractivity contribution in [3.63, 3.8) is 0 Å². The highest BCUT2D eigenvalue weighted by Crippen LogP contribution is 2.27. The van der Waals surface area contributed by atoms with Gasteiger partial charge in [-0.15, -0.1) is 4.99 Å². The van der Waals surface area contributed by atoms with Crippen LogP contribution in [-0.2, 0) is 11.2 Å². The monoisotopic (exact) mass is 560 g/mol. The van der Waals surface area contributed by atoms with E-state index in [0.717, 1.165) is 5.56 Å². The minimum absolute atomic E-state index is 0.0732. The number of benzene rings is 3. The average molecular weight is 561 g/mol. The minimum Gasteiger partial charge on any atom is -0.457 e. The lowest BCUT2D eigenvalue weighted by molar-refractivity contribution is -0.122. The third-order valence-corrected chi connectivity index (χ3v) is 6.71. The van der Waals surface area contributed by atoms with Gasteiger partial charge in [-0.2, -0.15) is 5.26 Å². The molecule has 0 radical (unpaired) electrons. The Morgan fingerprint density at radius 2 is 1.55 bits per heavy atom. The SMILES string of the molecule is CC(C)N(CCNC(=O)[C@H](Cc1ccccc1)N(C(N)=NC#N)c1ccc(Oc2ccc(Cl)cc2)cc1)C(C)C. The molecule has 0 unspecified atom stereocenters. The molecule has 3 aromatic carbocycles. The fraction of sp³-hybridized carbons (Fsp3) is 0.323. The predicted molar refractivity (Wildman–Crippen MR) is 162 cm³/mol. The van der Waals surface area contributed by atoms with E-state index in [1.54, 1.807) is 59.6 Å². The number of nitrogens with two attached hydrogens (primary N) is 1. The first kappa shape index (κ1) is 30.5. The molecule has 0 saturated heterocycles. The number of guanidine groups is 1. The van der Waals surface area contributed by atoms with E-state index < -0.39 is 6.04 Å². The summed E-state index contributed by atoms with van der Waals surface area (Å²) in [6.07, 6.45) is 2.11. The van der Waals surface area contributed by atoms with E-state index in [-0.39, 0.29) is 11.9 Å². The van der Waals surface area contributed by atoms with Crippen LogP contribution < -0.4 is 20.7 Å². The summed E-state index contributed by atoms with van der Waals surface area (Å²) in [4.78, 5) is 21.4. The number of nitrogens with one attached hydrogen (secondary N) is 1. The van der Waals surface area contributed by atoms with E-state index in [1.807, 2.05) is 30.3 Å². The largest absolute Gasteiger partial charge is 0.457 e. The second kappa shape index (κ2) is 14.9. The number of carbonyl (C=O) groups is 1. The number of carbonyl (C=O) groups excluding carboxylic acids is 1. The van der Waals surface area contributed by atoms with Crippen molar-refractivity contribution in [2.75, 3.05) is 18.0 Å². The normalized spacial score (nSPS) is 12.3. The minimum atomic E-state index is -0.755. The van der Waals surface area contributed by atoms with Gasteiger partial charge in [0.2, 0.25) is 18.1 Å². The fourth-order valence-corrected chi connectivity index (χ4v) is 4.69. The molecule has 8 nitrogen and oxygen atoms in total. The Morgan fingerprint density at radius 3 is 2.10 bits per heavy atom. The third-order valence-electron chi connectivity index (χ3n) is 6.46. The van der Waals surface area contributed by atoms with Crippen LogP contribution >= 0.6 is 11.6 Å². The van der Waals surface area contributed by atoms with Crippen LogP contribution in [-0.4, -0.2) is 48.0 Å². The van der Waals surface area contributed by atoms with Crippen molar-refractivity contribution in [1.29, 1.82) is 5.26 Å². The molecule has 0 saturated carbocycles. The first-order valence-electron chi connectivity index (χ1n) is 13.3. The molecule has 0 heterocycles. The second-order valence-electron chi connectivity index (χ2n) is 9.91. The van der Waals surface area contributed by atoms with Crippen LogP contribution in [0.5, 0.6) is 11.5 Å². The summed E-state index contributed by atoms with van der Waals surface area (Å²) < 4.78 is 5.92. The van der Waals surface area contributed by atoms with Gasteiger partial charge in [0.15, 0.2) is 0 Å². The molecule has 0 aliphatic heterocycles. The highest BCUT2D eigenvalue weighted by molar-refractivity contribution is 6.30. The molecule has 40 heavy (non-hydrogen) atoms. The number of anilines is 1. The summed E-state index contributed by atoms with van der Waals surface area (Å²) in [6.45, 7) is 9.74. The van der Waals surface area contributed by atoms with E-state index in [2.05, 4.69) is 42.9 Å². The number of nitrogens with zero attached hydrogens (tertiary/aromatic N) is 4. The van der Waals surface area contributed by atoms with Gasteiger partial charge in [-0.05, 0) is 81.8 Å². The summed E-state index contributed by atoms with van der Waals surface area (Å²) >= 11 is 5.97. The number of hydrogen-bond acceptors (Lipinski definition) is 5. The highest BCUT2D eigenvalue weighted by atomic mass is 35.5. The third kappa shape index (κ3) is 8.73. The standard InChI is InChI=1S/C31H37ClN6O2/c1-22(2)37(23(3)4)19-18-35-30(39)29(20-24-8-6-5-7-9-24)38(31(34)36-21-33)26-12-16-28(17-13-26)40-27-14-10-25(32)11-15-27/h5-17,22-23,29H,18-20H2,1-4H3,(H2,34,36)(H,35,39)/t29-/m0/s1. The van der Waals surface area contributed by atoms with Crippen molar-refractivity contribution >= 4 is 29.2 Å². The Bertz CT molecular complexity index is 1280. The molecule has 210 valence electrons. The number of halogens is 1. The Kier molecular flexibility index (Phi) is 11.4. The summed E-state index contributed by atoms with van der Waals surface area (Å²) in [6, 6.07) is 23.8. The lowest BCUT2D eigenvalue weighted by atomic mass is 10.0. The molecule has 3 N–H and O–H groups in total. The molecular formula is C31H37ClN6O2. The molecule has 1 atom stereocenters. The van der Waals surface area contributed by atoms with Gasteiger partial charge in [0, 0.05) is 42.3 Å². The van der Waals surface area contributed by atoms with Crippen molar-refractivity contribution in [3.05, 3.63) is 89.4 Å². The number of rotatable bonds is 12. The van der Waals surface area contributed by atoms with Gasteiger partial charge in [0.1, 0.15) is 17.5 Å². The summed E-state index contributed by atoms with van der Waals surface area (Å²) in [7, 11) is 0. The summed E-state index contributed by atoms with van der Waals surface area (Å²) in [5, 5.41) is 13.0. The van der Waals surface area contributed by atoms with Crippen LogP contribution in [0.3, 0.4) is 0 Å². The van der Waals surface area contributed by atoms with Crippen molar-refractivity contribution in [1.82, 2.24) is 10.2 Å². The number of hydrogen-bond donors (Lipinski definition) is 2. The second-order valence-corrected chi connectivity index (χ2v) is 10.3. The zero-order valence-corrected chi connectivity index (χ0v) is 24.2. The van der Waals surface area contributed by atoms with Crippen molar-refractivity contribution < 1.29 is 9.53 Å². The topological polar surface area (TPSA) is 107 Å². The zero-order chi connectivity index (χ0) is 29.1. The fourth-order valence-electron chi connectivity index (χ4n) is 4.57. The van der Waals surface area contributed by atoms with Gasteiger partial charge in [0.05, 0.1) is 0 Å². The first-order valence-corrected chi connectivity index (χ1v) is 13.7. The molecule has 0 spiro atoms. The predicted octanol–water partition coefficient (Wildman–Crippen LogP) is 5.58. The number of ether oxygens (including phenoxy) is 1. The van der Waals surface area contributed by atoms with Gasteiger partial charge in [-0.1, -0.05) is 41.9 Å². The maximum Gasteiger partial charge on any atom is 0.243 e. The molecule has 0 aliphatic carbocycles. The molecule has 0 aliphatic rings. The van der Waals surface area contributed by atoms with Gasteiger partial charge < -0.3 is 15.8 Å². The quantitative estimate of drug-likeness (QED) is 0.170. The van der Waals surface area contributed by atoms with Gasteiger partial charge >= 0.3 is 0 Å². The molecule has 0 aromatic heterocycles. The Hall–Kier alpha value is -4.06. The lowest BCUT2D eigenvalue weighted by Gasteiger charge is -2.33. The van der Waals surface area contributed by atoms with Crippen molar-refractivity contribution in [2.45, 2.75) is 52.2 Å². The molecule has 0 bridgehead atoms. The number of amides is 1. The summed E-state index contributed by atoms with van der Waals surface area (Å²) in [5.74, 6) is 0.941. The maximum atomic E-state index is 13.7. The Labute approximate surface area is 242 Å². The zero-order valence-electron chi connectivity index (χ0n) is 23.4. The van der Waals surface area contributed by atoms with E-state index in [9.17, 15) is 10.1 Å². The van der Waals surface area contributed by atoms with E-state index >= 15 is 0 Å². The average Bonchev–Trinajstić information content (AvgIpc) is 2.93. The van der Waals surface area contributed by atoms with E-state index in [4.69, 9.17) is 22.1 Å². The Balaban J connectivity index is 1.89. The van der Waals surface area contributed by atoms with Gasteiger partial charge in [0.25, 0.3) is 0 Å². The van der Waals surface area contributed by atoms with Crippen LogP contribution in [0.2, 0.25) is 5.02 Å². The number of nitriles is 1. The van der Waals surface area contributed by atoms with Crippen LogP contribution in [0.25, 0.3) is 0 Å². The van der Waals surface area contributed by atoms with Crippen LogP contribution in [0, 0.1) is 11.5 Å². The number of aliphatic imine (C=N–C) groups is 1. The molecule has 1 amide bonds. The molecule has 3 rings (SSSR count). The van der Waals surface area contributed by atoms with Crippen LogP contribution in [0.15, 0.2) is 83.9 Å². The van der Waals surface area contributed by atoms with E-state index in [0.29, 0.717) is 53.8 Å². The van der Waals surface area contributed by atoms with Crippen molar-refractivity contribution in [2.24, 2.45) is 10.7 Å². The molecular weight excluding hydrogens is 524 g/mol. The lowest BCUT2D eigenvalue weighted by Crippen LogP contribution is -2.54. The first-order chi connectivity index (χ1) is 19.2. The van der Waals surface area contributed by atoms with Crippen molar-refractivity contribution in [3.8, 4) is 17.7 Å². The Morgan fingerprint density at radius 1 is 0.975 bits per heavy atom. The molecule has 0 fully saturated rings. The van der Waals surface area contributed by atoms with Crippen LogP contribution in [0.1, 0.15) is 33.3 Å². The van der Waals surface area contributed by atoms with Crippen LogP contribution in [0.4, 0.5) is 5.69 Å².